The monoisotopic (exact) mass is 477 g/mol. The lowest BCUT2D eigenvalue weighted by Gasteiger charge is -2.31. The van der Waals surface area contributed by atoms with Crippen molar-refractivity contribution in [3.63, 3.8) is 0 Å². The highest BCUT2D eigenvalue weighted by atomic mass is 19.1. The topological polar surface area (TPSA) is 19.4 Å². The average molecular weight is 478 g/mol. The average Bonchev–Trinajstić information content (AvgIpc) is 2.87. The van der Waals surface area contributed by atoms with E-state index < -0.39 is 0 Å². The smallest absolute Gasteiger partial charge is 0.141 e. The van der Waals surface area contributed by atoms with Gasteiger partial charge in [-0.2, -0.15) is 0 Å². The molecule has 35 heavy (non-hydrogen) atoms. The highest BCUT2D eigenvalue weighted by molar-refractivity contribution is 5.85. The second kappa shape index (κ2) is 14.4. The number of aryl methyl sites for hydroxylation is 1. The summed E-state index contributed by atoms with van der Waals surface area (Å²) in [6, 6.07) is 9.74. The van der Waals surface area contributed by atoms with E-state index in [4.69, 9.17) is 0 Å². The first-order valence-electron chi connectivity index (χ1n) is 12.6. The van der Waals surface area contributed by atoms with Gasteiger partial charge in [0.2, 0.25) is 0 Å². The van der Waals surface area contributed by atoms with Gasteiger partial charge in [0.05, 0.1) is 11.9 Å². The molecule has 0 saturated carbocycles. The molecule has 0 radical (unpaired) electrons. The molecule has 2 aromatic rings. The highest BCUT2D eigenvalue weighted by Crippen LogP contribution is 2.42. The number of hydrogen-bond acceptors (Lipinski definition) is 3. The second-order valence-electron chi connectivity index (χ2n) is 8.36. The van der Waals surface area contributed by atoms with E-state index in [0.717, 1.165) is 23.5 Å². The van der Waals surface area contributed by atoms with Gasteiger partial charge in [0.25, 0.3) is 0 Å². The van der Waals surface area contributed by atoms with Gasteiger partial charge in [-0.15, -0.1) is 0 Å². The number of rotatable bonds is 2. The summed E-state index contributed by atoms with van der Waals surface area (Å²) in [7, 11) is 6.14. The van der Waals surface area contributed by atoms with Gasteiger partial charge in [-0.3, -0.25) is 4.98 Å². The molecule has 2 aliphatic rings. The minimum Gasteiger partial charge on any atom is -0.350 e. The maximum absolute atomic E-state index is 13.4. The first-order valence-corrected chi connectivity index (χ1v) is 12.6. The number of likely N-dealkylation sites (N-methyl/N-ethyl adjacent to an activating group) is 1. The third-order valence-corrected chi connectivity index (χ3v) is 5.86. The zero-order valence-corrected chi connectivity index (χ0v) is 23.4. The van der Waals surface area contributed by atoms with Crippen LogP contribution in [0.25, 0.3) is 5.57 Å². The largest absolute Gasteiger partial charge is 0.350 e. The maximum Gasteiger partial charge on any atom is 0.141 e. The fourth-order valence-corrected chi connectivity index (χ4v) is 3.71. The number of nitrogens with zero attached hydrogens (tertiary/aromatic N) is 3. The van der Waals surface area contributed by atoms with Crippen molar-refractivity contribution < 1.29 is 4.39 Å². The van der Waals surface area contributed by atoms with Gasteiger partial charge in [-0.1, -0.05) is 77.1 Å². The van der Waals surface area contributed by atoms with Crippen LogP contribution in [-0.2, 0) is 0 Å². The fourth-order valence-electron chi connectivity index (χ4n) is 3.71. The molecule has 0 spiro atoms. The van der Waals surface area contributed by atoms with E-state index in [1.54, 1.807) is 6.07 Å². The molecule has 4 rings (SSSR count). The summed E-state index contributed by atoms with van der Waals surface area (Å²) in [5, 5.41) is 0. The molecule has 2 heterocycles. The number of halogens is 1. The molecule has 0 saturated heterocycles. The summed E-state index contributed by atoms with van der Waals surface area (Å²) in [6.45, 7) is 19.7. The SMILES string of the molecule is C=C1C2=C(C)C(=CN1C)c1cc(C)ccc1C(c1ccc(F)cn1)/C=C\2.CC.CC.CCN(C)C. The zero-order chi connectivity index (χ0) is 26.7. The van der Waals surface area contributed by atoms with E-state index in [2.05, 4.69) is 92.8 Å². The Morgan fingerprint density at radius 3 is 2.23 bits per heavy atom. The lowest BCUT2D eigenvalue weighted by molar-refractivity contribution is 0.434. The van der Waals surface area contributed by atoms with Crippen LogP contribution in [0.5, 0.6) is 0 Å². The summed E-state index contributed by atoms with van der Waals surface area (Å²) >= 11 is 0. The molecule has 0 N–H and O–H groups in total. The Morgan fingerprint density at radius 1 is 1.06 bits per heavy atom. The molecule has 1 aromatic carbocycles. The summed E-state index contributed by atoms with van der Waals surface area (Å²) in [6.07, 6.45) is 7.70. The molecule has 1 aromatic heterocycles. The van der Waals surface area contributed by atoms with Crippen molar-refractivity contribution in [3.05, 3.63) is 107 Å². The van der Waals surface area contributed by atoms with E-state index in [1.165, 1.54) is 40.1 Å². The van der Waals surface area contributed by atoms with Gasteiger partial charge in [0.1, 0.15) is 5.82 Å². The Kier molecular flexibility index (Phi) is 12.4. The van der Waals surface area contributed by atoms with Gasteiger partial charge in [-0.25, -0.2) is 4.39 Å². The fraction of sp³-hybridized carbons (Fsp3) is 0.387. The molecule has 1 aliphatic carbocycles. The molecule has 0 amide bonds. The van der Waals surface area contributed by atoms with E-state index in [0.29, 0.717) is 0 Å². The number of fused-ring (bicyclic) bond motifs is 3. The van der Waals surface area contributed by atoms with Crippen molar-refractivity contribution in [3.8, 4) is 0 Å². The van der Waals surface area contributed by atoms with Crippen molar-refractivity contribution in [2.45, 2.75) is 54.4 Å². The Labute approximate surface area is 213 Å². The molecule has 2 bridgehead atoms. The quantitative estimate of drug-likeness (QED) is 0.437. The molecule has 1 unspecified atom stereocenters. The van der Waals surface area contributed by atoms with Gasteiger partial charge in [0, 0.05) is 36.0 Å². The number of aromatic nitrogens is 1. The van der Waals surface area contributed by atoms with Gasteiger partial charge >= 0.3 is 0 Å². The number of hydrogen-bond donors (Lipinski definition) is 0. The third kappa shape index (κ3) is 7.50. The molecular formula is C31H44FN3. The Bertz CT molecular complexity index is 1060. The molecule has 3 nitrogen and oxygen atoms in total. The zero-order valence-electron chi connectivity index (χ0n) is 23.4. The minimum atomic E-state index is -0.319. The van der Waals surface area contributed by atoms with E-state index >= 15 is 0 Å². The second-order valence-corrected chi connectivity index (χ2v) is 8.36. The van der Waals surface area contributed by atoms with Crippen LogP contribution in [0.1, 0.15) is 69.8 Å². The molecule has 1 aliphatic heterocycles. The summed E-state index contributed by atoms with van der Waals surface area (Å²) in [5.41, 5.74) is 8.95. The first-order chi connectivity index (χ1) is 16.7. The van der Waals surface area contributed by atoms with Crippen LogP contribution in [0.2, 0.25) is 0 Å². The van der Waals surface area contributed by atoms with Crippen molar-refractivity contribution in [2.24, 2.45) is 0 Å². The number of pyridine rings is 1. The van der Waals surface area contributed by atoms with E-state index in [-0.39, 0.29) is 11.7 Å². The standard InChI is InChI=1S/C23H21FN2.C4H11N.2C2H6/c1-14-5-7-19-20(23-10-6-17(24)12-25-23)9-8-18-15(2)22(21(19)11-14)13-26(4)16(18)3;1-4-5(2)3;2*1-2/h5-13,20H,3H2,1-2,4H3;4H2,1-3H3;2*1-2H3/b9-8-;;;. The minimum absolute atomic E-state index is 0.0334. The summed E-state index contributed by atoms with van der Waals surface area (Å²) < 4.78 is 13.4. The molecule has 0 fully saturated rings. The predicted octanol–water partition coefficient (Wildman–Crippen LogP) is 7.97. The van der Waals surface area contributed by atoms with Crippen LogP contribution in [0.15, 0.2) is 78.3 Å². The highest BCUT2D eigenvalue weighted by Gasteiger charge is 2.26. The Hall–Kier alpha value is -2.98. The van der Waals surface area contributed by atoms with Crippen molar-refractivity contribution in [1.29, 1.82) is 0 Å². The van der Waals surface area contributed by atoms with Crippen LogP contribution >= 0.6 is 0 Å². The molecular weight excluding hydrogens is 433 g/mol. The van der Waals surface area contributed by atoms with Crippen LogP contribution < -0.4 is 0 Å². The van der Waals surface area contributed by atoms with Crippen LogP contribution in [0.3, 0.4) is 0 Å². The van der Waals surface area contributed by atoms with Crippen molar-refractivity contribution in [2.75, 3.05) is 27.7 Å². The van der Waals surface area contributed by atoms with Gasteiger partial charge in [-0.05, 0) is 63.3 Å². The summed E-state index contributed by atoms with van der Waals surface area (Å²) in [4.78, 5) is 8.55. The normalized spacial score (nSPS) is 16.8. The van der Waals surface area contributed by atoms with Crippen molar-refractivity contribution in [1.82, 2.24) is 14.8 Å². The van der Waals surface area contributed by atoms with E-state index in [9.17, 15) is 4.39 Å². The van der Waals surface area contributed by atoms with Crippen LogP contribution in [0.4, 0.5) is 4.39 Å². The molecule has 1 atom stereocenters. The molecule has 4 heteroatoms. The number of benzene rings is 1. The van der Waals surface area contributed by atoms with Gasteiger partial charge in [0.15, 0.2) is 0 Å². The summed E-state index contributed by atoms with van der Waals surface area (Å²) in [5.74, 6) is -0.352. The predicted molar refractivity (Wildman–Crippen MR) is 151 cm³/mol. The molecule has 190 valence electrons. The Balaban J connectivity index is 0.000000598. The van der Waals surface area contributed by atoms with Crippen molar-refractivity contribution >= 4 is 5.57 Å². The Morgan fingerprint density at radius 2 is 1.69 bits per heavy atom. The lowest BCUT2D eigenvalue weighted by atomic mass is 9.80. The van der Waals surface area contributed by atoms with Crippen LogP contribution in [0, 0.1) is 12.7 Å². The lowest BCUT2D eigenvalue weighted by Crippen LogP contribution is -2.19. The van der Waals surface area contributed by atoms with Crippen LogP contribution in [-0.4, -0.2) is 42.5 Å². The first kappa shape index (κ1) is 30.1. The maximum atomic E-state index is 13.4. The third-order valence-electron chi connectivity index (χ3n) is 5.86. The van der Waals surface area contributed by atoms with E-state index in [1.807, 2.05) is 34.7 Å². The van der Waals surface area contributed by atoms with Gasteiger partial charge < -0.3 is 9.80 Å². The number of allylic oxidation sites excluding steroid dienone is 4.